The molecule has 6 heteroatoms. The zero-order valence-corrected chi connectivity index (χ0v) is 11.6. The number of anilines is 1. The number of nitrogens with one attached hydrogen (secondary N) is 1. The molecule has 1 aromatic rings. The standard InChI is InChI=1S/C7H10ClN3.C5H10O2/c8-7-2-1-6(11-10)3-5(7)4-9;1-5(2,3)7-4-6/h1-3,11H,4,9-10H2;4H,1-3H3. The maximum Gasteiger partial charge on any atom is 0.293 e. The van der Waals surface area contributed by atoms with Gasteiger partial charge in [0.2, 0.25) is 0 Å². The fraction of sp³-hybridized carbons (Fsp3) is 0.417. The van der Waals surface area contributed by atoms with Gasteiger partial charge in [-0.1, -0.05) is 11.6 Å². The highest BCUT2D eigenvalue weighted by molar-refractivity contribution is 6.31. The summed E-state index contributed by atoms with van der Waals surface area (Å²) in [5.41, 5.74) is 9.32. The first-order chi connectivity index (χ1) is 8.34. The van der Waals surface area contributed by atoms with Crippen LogP contribution < -0.4 is 17.0 Å². The summed E-state index contributed by atoms with van der Waals surface area (Å²) in [5, 5.41) is 0.673. The number of nitrogen functional groups attached to an aromatic ring is 1. The number of carbonyl (C=O) groups is 1. The third kappa shape index (κ3) is 7.11. The van der Waals surface area contributed by atoms with Crippen LogP contribution in [-0.4, -0.2) is 12.1 Å². The molecule has 0 radical (unpaired) electrons. The minimum Gasteiger partial charge on any atom is -0.462 e. The summed E-state index contributed by atoms with van der Waals surface area (Å²) < 4.78 is 4.55. The Bertz CT molecular complexity index is 378. The van der Waals surface area contributed by atoms with Crippen LogP contribution in [0.2, 0.25) is 5.02 Å². The quantitative estimate of drug-likeness (QED) is 0.445. The second-order valence-electron chi connectivity index (χ2n) is 4.48. The molecule has 0 amide bonds. The van der Waals surface area contributed by atoms with Gasteiger partial charge < -0.3 is 15.9 Å². The highest BCUT2D eigenvalue weighted by atomic mass is 35.5. The summed E-state index contributed by atoms with van der Waals surface area (Å²) in [5.74, 6) is 5.19. The van der Waals surface area contributed by atoms with Gasteiger partial charge in [0.25, 0.3) is 6.47 Å². The average Bonchev–Trinajstić information content (AvgIpc) is 2.29. The summed E-state index contributed by atoms with van der Waals surface area (Å²) in [4.78, 5) is 9.60. The molecule has 5 nitrogen and oxygen atoms in total. The number of carbonyl (C=O) groups excluding carboxylic acids is 1. The van der Waals surface area contributed by atoms with E-state index in [2.05, 4.69) is 10.2 Å². The summed E-state index contributed by atoms with van der Waals surface area (Å²) in [6.07, 6.45) is 0. The van der Waals surface area contributed by atoms with Crippen molar-refractivity contribution < 1.29 is 9.53 Å². The molecule has 5 N–H and O–H groups in total. The Balaban J connectivity index is 0.000000360. The largest absolute Gasteiger partial charge is 0.462 e. The van der Waals surface area contributed by atoms with Crippen molar-refractivity contribution in [2.75, 3.05) is 5.43 Å². The fourth-order valence-electron chi connectivity index (χ4n) is 0.965. The van der Waals surface area contributed by atoms with Crippen LogP contribution in [0.5, 0.6) is 0 Å². The molecule has 0 spiro atoms. The van der Waals surface area contributed by atoms with Crippen LogP contribution in [0.1, 0.15) is 26.3 Å². The molecule has 0 saturated heterocycles. The van der Waals surface area contributed by atoms with Crippen molar-refractivity contribution >= 4 is 23.8 Å². The molecule has 0 saturated carbocycles. The summed E-state index contributed by atoms with van der Waals surface area (Å²) in [6.45, 7) is 6.35. The topological polar surface area (TPSA) is 90.4 Å². The Morgan fingerprint density at radius 1 is 1.44 bits per heavy atom. The van der Waals surface area contributed by atoms with Crippen LogP contribution in [0.4, 0.5) is 5.69 Å². The molecule has 0 aliphatic heterocycles. The van der Waals surface area contributed by atoms with E-state index in [0.717, 1.165) is 11.3 Å². The van der Waals surface area contributed by atoms with Crippen LogP contribution >= 0.6 is 11.6 Å². The van der Waals surface area contributed by atoms with Gasteiger partial charge in [0.1, 0.15) is 5.60 Å². The first-order valence-corrected chi connectivity index (χ1v) is 5.78. The van der Waals surface area contributed by atoms with Crippen LogP contribution in [0.15, 0.2) is 18.2 Å². The van der Waals surface area contributed by atoms with E-state index in [1.54, 1.807) is 12.1 Å². The maximum absolute atomic E-state index is 9.60. The van der Waals surface area contributed by atoms with Gasteiger partial charge in [-0.05, 0) is 44.5 Å². The summed E-state index contributed by atoms with van der Waals surface area (Å²) in [6, 6.07) is 5.38. The normalized spacial score (nSPS) is 10.1. The van der Waals surface area contributed by atoms with Crippen molar-refractivity contribution in [2.45, 2.75) is 32.9 Å². The van der Waals surface area contributed by atoms with Crippen LogP contribution in [-0.2, 0) is 16.1 Å². The van der Waals surface area contributed by atoms with E-state index in [1.165, 1.54) is 0 Å². The second-order valence-corrected chi connectivity index (χ2v) is 4.89. The van der Waals surface area contributed by atoms with Gasteiger partial charge in [0.05, 0.1) is 0 Å². The van der Waals surface area contributed by atoms with E-state index >= 15 is 0 Å². The third-order valence-corrected chi connectivity index (χ3v) is 2.20. The minimum absolute atomic E-state index is 0.318. The van der Waals surface area contributed by atoms with Crippen LogP contribution in [0, 0.1) is 0 Å². The number of hydrazine groups is 1. The van der Waals surface area contributed by atoms with Crippen molar-refractivity contribution in [2.24, 2.45) is 11.6 Å². The molecule has 0 unspecified atom stereocenters. The van der Waals surface area contributed by atoms with Crippen LogP contribution in [0.3, 0.4) is 0 Å². The average molecular weight is 274 g/mol. The molecule has 0 atom stereocenters. The molecule has 1 rings (SSSR count). The van der Waals surface area contributed by atoms with E-state index in [1.807, 2.05) is 26.8 Å². The van der Waals surface area contributed by atoms with Crippen LogP contribution in [0.25, 0.3) is 0 Å². The first-order valence-electron chi connectivity index (χ1n) is 5.40. The van der Waals surface area contributed by atoms with Gasteiger partial charge in [-0.2, -0.15) is 0 Å². The van der Waals surface area contributed by atoms with E-state index in [4.69, 9.17) is 23.2 Å². The second kappa shape index (κ2) is 7.92. The third-order valence-electron chi connectivity index (χ3n) is 1.83. The highest BCUT2D eigenvalue weighted by Crippen LogP contribution is 2.18. The smallest absolute Gasteiger partial charge is 0.293 e. The van der Waals surface area contributed by atoms with Gasteiger partial charge in [-0.25, -0.2) is 0 Å². The number of ether oxygens (including phenoxy) is 1. The SMILES string of the molecule is CC(C)(C)OC=O.NCc1cc(NN)ccc1Cl. The first kappa shape index (κ1) is 16.7. The van der Waals surface area contributed by atoms with Crippen molar-refractivity contribution in [1.29, 1.82) is 0 Å². The number of halogens is 1. The monoisotopic (exact) mass is 273 g/mol. The molecule has 0 aliphatic rings. The van der Waals surface area contributed by atoms with E-state index in [-0.39, 0.29) is 5.60 Å². The van der Waals surface area contributed by atoms with Gasteiger partial charge in [-0.15, -0.1) is 0 Å². The highest BCUT2D eigenvalue weighted by Gasteiger charge is 2.07. The molecule has 1 aromatic carbocycles. The Labute approximate surface area is 112 Å². The zero-order valence-electron chi connectivity index (χ0n) is 10.9. The zero-order chi connectivity index (χ0) is 14.2. The lowest BCUT2D eigenvalue weighted by Gasteiger charge is -2.14. The molecule has 18 heavy (non-hydrogen) atoms. The van der Waals surface area contributed by atoms with Crippen molar-refractivity contribution in [3.63, 3.8) is 0 Å². The number of rotatable bonds is 3. The Morgan fingerprint density at radius 2 is 2.06 bits per heavy atom. The molecule has 0 fully saturated rings. The van der Waals surface area contributed by atoms with E-state index in [0.29, 0.717) is 18.0 Å². The molecular weight excluding hydrogens is 254 g/mol. The van der Waals surface area contributed by atoms with Crippen molar-refractivity contribution in [3.8, 4) is 0 Å². The lowest BCUT2D eigenvalue weighted by atomic mass is 10.2. The number of nitrogens with two attached hydrogens (primary N) is 2. The summed E-state index contributed by atoms with van der Waals surface area (Å²) in [7, 11) is 0. The molecular formula is C12H20ClN3O2. The fourth-order valence-corrected chi connectivity index (χ4v) is 1.16. The predicted octanol–water partition coefficient (Wildman–Crippen LogP) is 2.04. The lowest BCUT2D eigenvalue weighted by Crippen LogP contribution is -2.17. The van der Waals surface area contributed by atoms with Crippen molar-refractivity contribution in [1.82, 2.24) is 0 Å². The number of hydrogen-bond donors (Lipinski definition) is 3. The molecule has 0 aromatic heterocycles. The van der Waals surface area contributed by atoms with E-state index in [9.17, 15) is 4.79 Å². The molecule has 0 aliphatic carbocycles. The van der Waals surface area contributed by atoms with E-state index < -0.39 is 0 Å². The molecule has 0 bridgehead atoms. The number of hydrogen-bond acceptors (Lipinski definition) is 5. The van der Waals surface area contributed by atoms with Gasteiger partial charge in [0.15, 0.2) is 0 Å². The molecule has 0 heterocycles. The maximum atomic E-state index is 9.60. The van der Waals surface area contributed by atoms with Gasteiger partial charge in [0, 0.05) is 17.3 Å². The Kier molecular flexibility index (Phi) is 7.35. The number of benzene rings is 1. The van der Waals surface area contributed by atoms with Crippen molar-refractivity contribution in [3.05, 3.63) is 28.8 Å². The van der Waals surface area contributed by atoms with Gasteiger partial charge >= 0.3 is 0 Å². The van der Waals surface area contributed by atoms with Gasteiger partial charge in [-0.3, -0.25) is 10.6 Å². The molecule has 102 valence electrons. The minimum atomic E-state index is -0.318. The lowest BCUT2D eigenvalue weighted by molar-refractivity contribution is -0.138. The summed E-state index contributed by atoms with van der Waals surface area (Å²) >= 11 is 5.80. The Morgan fingerprint density at radius 3 is 2.39 bits per heavy atom. The predicted molar refractivity (Wildman–Crippen MR) is 74.1 cm³/mol. The Hall–Kier alpha value is -1.30.